The highest BCUT2D eigenvalue weighted by Gasteiger charge is 2.38. The molecule has 128 valence electrons. The van der Waals surface area contributed by atoms with Crippen LogP contribution in [0.15, 0.2) is 42.0 Å². The summed E-state index contributed by atoms with van der Waals surface area (Å²) in [5.41, 5.74) is 1.35. The van der Waals surface area contributed by atoms with Gasteiger partial charge in [-0.25, -0.2) is 0 Å². The van der Waals surface area contributed by atoms with Gasteiger partial charge in [0.1, 0.15) is 0 Å². The maximum atomic E-state index is 5.56. The zero-order valence-corrected chi connectivity index (χ0v) is 14.8. The molecule has 0 spiro atoms. The highest BCUT2D eigenvalue weighted by Crippen LogP contribution is 2.29. The lowest BCUT2D eigenvalue weighted by Crippen LogP contribution is -2.50. The van der Waals surface area contributed by atoms with Crippen LogP contribution < -0.4 is 0 Å². The van der Waals surface area contributed by atoms with E-state index in [2.05, 4.69) is 44.4 Å². The molecule has 0 radical (unpaired) electrons. The van der Waals surface area contributed by atoms with Gasteiger partial charge in [-0.15, -0.1) is 11.3 Å². The smallest absolute Gasteiger partial charge is 0.0594 e. The van der Waals surface area contributed by atoms with Crippen LogP contribution in [0.25, 0.3) is 0 Å². The summed E-state index contributed by atoms with van der Waals surface area (Å²) < 4.78 is 5.56. The Morgan fingerprint density at radius 1 is 1.17 bits per heavy atom. The van der Waals surface area contributed by atoms with Crippen molar-refractivity contribution in [3.63, 3.8) is 0 Å². The Kier molecular flexibility index (Phi) is 5.23. The first-order valence-corrected chi connectivity index (χ1v) is 9.75. The molecular weight excluding hydrogens is 318 g/mol. The lowest BCUT2D eigenvalue weighted by atomic mass is 9.99. The minimum Gasteiger partial charge on any atom is -0.379 e. The summed E-state index contributed by atoms with van der Waals surface area (Å²) in [5, 5.41) is 2.18. The van der Waals surface area contributed by atoms with Crippen molar-refractivity contribution in [2.24, 2.45) is 0 Å². The van der Waals surface area contributed by atoms with Gasteiger partial charge in [-0.3, -0.25) is 14.8 Å². The maximum absolute atomic E-state index is 5.56. The second-order valence-corrected chi connectivity index (χ2v) is 7.72. The van der Waals surface area contributed by atoms with Crippen LogP contribution >= 0.6 is 11.3 Å². The molecule has 2 aliphatic rings. The van der Waals surface area contributed by atoms with Gasteiger partial charge < -0.3 is 4.74 Å². The molecule has 2 atom stereocenters. The van der Waals surface area contributed by atoms with E-state index < -0.39 is 0 Å². The van der Waals surface area contributed by atoms with Gasteiger partial charge in [0, 0.05) is 55.5 Å². The van der Waals surface area contributed by atoms with Crippen molar-refractivity contribution in [3.05, 3.63) is 52.5 Å². The summed E-state index contributed by atoms with van der Waals surface area (Å²) in [5.74, 6) is 0. The molecule has 2 aromatic rings. The third-order valence-corrected chi connectivity index (χ3v) is 6.11. The average molecular weight is 343 g/mol. The van der Waals surface area contributed by atoms with E-state index in [1.54, 1.807) is 0 Å². The highest BCUT2D eigenvalue weighted by atomic mass is 32.1. The summed E-state index contributed by atoms with van der Waals surface area (Å²) in [4.78, 5) is 11.1. The average Bonchev–Trinajstić information content (AvgIpc) is 3.28. The minimum absolute atomic E-state index is 0.564. The molecular formula is C19H25N3OS. The van der Waals surface area contributed by atoms with Gasteiger partial charge in [-0.1, -0.05) is 12.1 Å². The molecule has 2 aliphatic heterocycles. The number of pyridine rings is 1. The predicted octanol–water partition coefficient (Wildman–Crippen LogP) is 2.66. The summed E-state index contributed by atoms with van der Waals surface area (Å²) in [6.07, 6.45) is 6.23. The van der Waals surface area contributed by atoms with Crippen LogP contribution in [0.1, 0.15) is 16.9 Å². The van der Waals surface area contributed by atoms with Gasteiger partial charge >= 0.3 is 0 Å². The van der Waals surface area contributed by atoms with Gasteiger partial charge in [0.15, 0.2) is 0 Å². The fraction of sp³-hybridized carbons (Fsp3) is 0.526. The summed E-state index contributed by atoms with van der Waals surface area (Å²) in [6.45, 7) is 6.15. The molecule has 0 unspecified atom stereocenters. The van der Waals surface area contributed by atoms with Crippen LogP contribution in [0.3, 0.4) is 0 Å². The molecule has 2 saturated heterocycles. The highest BCUT2D eigenvalue weighted by molar-refractivity contribution is 7.09. The van der Waals surface area contributed by atoms with Crippen molar-refractivity contribution >= 4 is 11.3 Å². The first kappa shape index (κ1) is 16.2. The number of thiophene rings is 1. The first-order valence-electron chi connectivity index (χ1n) is 8.87. The van der Waals surface area contributed by atoms with Crippen molar-refractivity contribution in [2.45, 2.75) is 31.5 Å². The molecule has 4 rings (SSSR count). The Morgan fingerprint density at radius 2 is 2.08 bits per heavy atom. The van der Waals surface area contributed by atoms with Crippen LogP contribution in [0.5, 0.6) is 0 Å². The summed E-state index contributed by atoms with van der Waals surface area (Å²) in [6, 6.07) is 9.88. The number of ether oxygens (including phenoxy) is 1. The molecule has 24 heavy (non-hydrogen) atoms. The van der Waals surface area contributed by atoms with Crippen LogP contribution in [0, 0.1) is 0 Å². The molecule has 2 aromatic heterocycles. The van der Waals surface area contributed by atoms with Gasteiger partial charge in [0.05, 0.1) is 13.2 Å². The van der Waals surface area contributed by atoms with Crippen LogP contribution in [0.2, 0.25) is 0 Å². The van der Waals surface area contributed by atoms with E-state index >= 15 is 0 Å². The molecule has 0 N–H and O–H groups in total. The number of hydrogen-bond acceptors (Lipinski definition) is 5. The SMILES string of the molecule is c1cncc(C[C@@H]2[C@@H](N3CCOCC3)CCN2Cc2cccs2)c1. The van der Waals surface area contributed by atoms with Gasteiger partial charge in [-0.05, 0) is 35.9 Å². The number of aromatic nitrogens is 1. The molecule has 2 fully saturated rings. The molecule has 5 heteroatoms. The zero-order valence-electron chi connectivity index (χ0n) is 14.0. The van der Waals surface area contributed by atoms with Crippen molar-refractivity contribution in [1.82, 2.24) is 14.8 Å². The number of nitrogens with zero attached hydrogens (tertiary/aromatic N) is 3. The second-order valence-electron chi connectivity index (χ2n) is 6.69. The maximum Gasteiger partial charge on any atom is 0.0594 e. The molecule has 0 amide bonds. The van der Waals surface area contributed by atoms with E-state index in [0.29, 0.717) is 12.1 Å². The lowest BCUT2D eigenvalue weighted by Gasteiger charge is -2.37. The number of likely N-dealkylation sites (tertiary alicyclic amines) is 1. The third-order valence-electron chi connectivity index (χ3n) is 5.25. The van der Waals surface area contributed by atoms with Crippen molar-refractivity contribution in [1.29, 1.82) is 0 Å². The molecule has 0 aliphatic carbocycles. The van der Waals surface area contributed by atoms with E-state index in [1.165, 1.54) is 23.4 Å². The Balaban J connectivity index is 1.52. The number of hydrogen-bond donors (Lipinski definition) is 0. The van der Waals surface area contributed by atoms with E-state index in [9.17, 15) is 0 Å². The van der Waals surface area contributed by atoms with Crippen molar-refractivity contribution in [3.8, 4) is 0 Å². The standard InChI is InChI=1S/C19H25N3OS/c1-3-16(14-20-6-1)13-19-18(21-8-10-23-11-9-21)5-7-22(19)15-17-4-2-12-24-17/h1-4,6,12,14,18-19H,5,7-11,13,15H2/t18-,19+/m0/s1. The molecule has 0 bridgehead atoms. The number of rotatable bonds is 5. The predicted molar refractivity (Wildman–Crippen MR) is 97.3 cm³/mol. The van der Waals surface area contributed by atoms with Gasteiger partial charge in [0.2, 0.25) is 0 Å². The van der Waals surface area contributed by atoms with Gasteiger partial charge in [-0.2, -0.15) is 0 Å². The van der Waals surface area contributed by atoms with E-state index in [4.69, 9.17) is 4.74 Å². The lowest BCUT2D eigenvalue weighted by molar-refractivity contribution is 0.00793. The topological polar surface area (TPSA) is 28.6 Å². The Hall–Kier alpha value is -1.27. The summed E-state index contributed by atoms with van der Waals surface area (Å²) in [7, 11) is 0. The van der Waals surface area contributed by atoms with E-state index in [0.717, 1.165) is 39.3 Å². The molecule has 0 aromatic carbocycles. The van der Waals surface area contributed by atoms with Crippen LogP contribution in [0.4, 0.5) is 0 Å². The second kappa shape index (κ2) is 7.74. The fourth-order valence-corrected chi connectivity index (χ4v) is 4.79. The van der Waals surface area contributed by atoms with Gasteiger partial charge in [0.25, 0.3) is 0 Å². The van der Waals surface area contributed by atoms with E-state index in [1.807, 2.05) is 23.7 Å². The monoisotopic (exact) mass is 343 g/mol. The first-order chi connectivity index (χ1) is 11.9. The fourth-order valence-electron chi connectivity index (χ4n) is 4.06. The zero-order chi connectivity index (χ0) is 16.2. The van der Waals surface area contributed by atoms with Crippen LogP contribution in [-0.2, 0) is 17.7 Å². The quantitative estimate of drug-likeness (QED) is 0.834. The van der Waals surface area contributed by atoms with Crippen molar-refractivity contribution < 1.29 is 4.74 Å². The van der Waals surface area contributed by atoms with Crippen LogP contribution in [-0.4, -0.2) is 59.7 Å². The summed E-state index contributed by atoms with van der Waals surface area (Å²) >= 11 is 1.87. The Bertz CT molecular complexity index is 613. The normalized spacial score (nSPS) is 26.0. The van der Waals surface area contributed by atoms with Crippen molar-refractivity contribution in [2.75, 3.05) is 32.8 Å². The Labute approximate surface area is 148 Å². The molecule has 0 saturated carbocycles. The minimum atomic E-state index is 0.564. The largest absolute Gasteiger partial charge is 0.379 e. The Morgan fingerprint density at radius 3 is 2.83 bits per heavy atom. The van der Waals surface area contributed by atoms with E-state index in [-0.39, 0.29) is 0 Å². The molecule has 4 nitrogen and oxygen atoms in total. The molecule has 4 heterocycles. The third kappa shape index (κ3) is 3.70. The number of morpholine rings is 1.